The molecule has 35 heavy (non-hydrogen) atoms. The Morgan fingerprint density at radius 1 is 1.26 bits per heavy atom. The lowest BCUT2D eigenvalue weighted by molar-refractivity contribution is 0.318. The first-order valence-corrected chi connectivity index (χ1v) is 12.4. The zero-order chi connectivity index (χ0) is 24.7. The molecule has 0 spiro atoms. The molecule has 2 unspecified atom stereocenters. The second-order valence-electron chi connectivity index (χ2n) is 9.63. The van der Waals surface area contributed by atoms with E-state index in [1.807, 2.05) is 10.9 Å². The summed E-state index contributed by atoms with van der Waals surface area (Å²) in [6, 6.07) is 0.263. The first-order chi connectivity index (χ1) is 16.8. The smallest absolute Gasteiger partial charge is 0.228 e. The van der Waals surface area contributed by atoms with Crippen LogP contribution in [-0.2, 0) is 0 Å². The molecule has 1 fully saturated rings. The van der Waals surface area contributed by atoms with Gasteiger partial charge in [0.1, 0.15) is 17.2 Å². The number of allylic oxidation sites excluding steroid dienone is 2. The third-order valence-electron chi connectivity index (χ3n) is 7.08. The van der Waals surface area contributed by atoms with Crippen LogP contribution in [0.2, 0.25) is 0 Å². The van der Waals surface area contributed by atoms with Gasteiger partial charge in [0.15, 0.2) is 5.82 Å². The summed E-state index contributed by atoms with van der Waals surface area (Å²) in [5.74, 6) is 2.13. The van der Waals surface area contributed by atoms with E-state index in [0.717, 1.165) is 55.1 Å². The van der Waals surface area contributed by atoms with Crippen LogP contribution in [0.3, 0.4) is 0 Å². The van der Waals surface area contributed by atoms with Crippen LogP contribution in [0.4, 0.5) is 11.8 Å². The van der Waals surface area contributed by atoms with Crippen molar-refractivity contribution in [2.45, 2.75) is 52.4 Å². The molecule has 2 aromatic heterocycles. The van der Waals surface area contributed by atoms with Crippen LogP contribution in [0.15, 0.2) is 54.4 Å². The average molecular weight is 477 g/mol. The molecule has 3 aliphatic rings. The minimum Gasteiger partial charge on any atom is -0.386 e. The van der Waals surface area contributed by atoms with Gasteiger partial charge in [-0.05, 0) is 44.9 Å². The highest BCUT2D eigenvalue weighted by Gasteiger charge is 2.27. The van der Waals surface area contributed by atoms with Crippen LogP contribution in [-0.4, -0.2) is 67.9 Å². The van der Waals surface area contributed by atoms with Crippen LogP contribution in [0.1, 0.15) is 40.2 Å². The van der Waals surface area contributed by atoms with Crippen molar-refractivity contribution in [3.63, 3.8) is 0 Å². The number of fused-ring (bicyclic) bond motifs is 2. The van der Waals surface area contributed by atoms with E-state index in [4.69, 9.17) is 15.7 Å². The van der Waals surface area contributed by atoms with E-state index in [9.17, 15) is 0 Å². The van der Waals surface area contributed by atoms with E-state index in [-0.39, 0.29) is 18.2 Å². The topological polar surface area (TPSA) is 103 Å². The maximum absolute atomic E-state index is 5.90. The summed E-state index contributed by atoms with van der Waals surface area (Å²) in [4.78, 5) is 16.4. The molecule has 0 aliphatic carbocycles. The third-order valence-corrected chi connectivity index (χ3v) is 7.08. The number of hydrogen-bond acceptors (Lipinski definition) is 9. The number of nitrogens with two attached hydrogens (primary N) is 1. The van der Waals surface area contributed by atoms with Crippen molar-refractivity contribution in [3.8, 4) is 0 Å². The molecule has 0 saturated carbocycles. The normalized spacial score (nSPS) is 21.4. The zero-order valence-corrected chi connectivity index (χ0v) is 21.1. The number of hydrogen-bond donors (Lipinski definition) is 3. The summed E-state index contributed by atoms with van der Waals surface area (Å²) >= 11 is 0. The highest BCUT2D eigenvalue weighted by molar-refractivity contribution is 5.87. The number of anilines is 2. The van der Waals surface area contributed by atoms with E-state index < -0.39 is 0 Å². The lowest BCUT2D eigenvalue weighted by Gasteiger charge is -2.35. The summed E-state index contributed by atoms with van der Waals surface area (Å²) in [6.07, 6.45) is 11.6. The molecule has 3 atom stereocenters. The summed E-state index contributed by atoms with van der Waals surface area (Å²) in [5, 5.41) is 12.0. The molecule has 2 aromatic rings. The summed E-state index contributed by atoms with van der Waals surface area (Å²) in [5.41, 5.74) is 10.1. The van der Waals surface area contributed by atoms with Gasteiger partial charge in [-0.15, -0.1) is 0 Å². The molecule has 0 bridgehead atoms. The van der Waals surface area contributed by atoms with Gasteiger partial charge in [0, 0.05) is 44.6 Å². The maximum Gasteiger partial charge on any atom is 0.228 e. The quantitative estimate of drug-likeness (QED) is 0.556. The molecule has 1 saturated heterocycles. The lowest BCUT2D eigenvalue weighted by Crippen LogP contribution is -2.47. The Labute approximate surface area is 206 Å². The highest BCUT2D eigenvalue weighted by atomic mass is 15.4. The molecular weight excluding hydrogens is 440 g/mol. The van der Waals surface area contributed by atoms with Gasteiger partial charge in [0.25, 0.3) is 0 Å². The number of rotatable bonds is 7. The van der Waals surface area contributed by atoms with E-state index in [1.54, 1.807) is 0 Å². The lowest BCUT2D eigenvalue weighted by atomic mass is 10.2. The summed E-state index contributed by atoms with van der Waals surface area (Å²) < 4.78 is 2.04. The fraction of sp³-hybridized carbons (Fsp3) is 0.480. The largest absolute Gasteiger partial charge is 0.386 e. The fourth-order valence-corrected chi connectivity index (χ4v) is 4.71. The SMILES string of the molecule is C=C(N)N1CCN(c2nc(N[C@H](C)C3=CN4C=CC(C)=CC4N3)c3c(cnn3C(C)CC)n2)CC1. The Morgan fingerprint density at radius 2 is 2.03 bits per heavy atom. The minimum absolute atomic E-state index is 0.0198. The molecule has 5 heterocycles. The average Bonchev–Trinajstić information content (AvgIpc) is 3.48. The molecule has 4 N–H and O–H groups in total. The Bertz CT molecular complexity index is 1200. The van der Waals surface area contributed by atoms with Crippen LogP contribution in [0.5, 0.6) is 0 Å². The van der Waals surface area contributed by atoms with Gasteiger partial charge in [-0.1, -0.05) is 13.5 Å². The van der Waals surface area contributed by atoms with Crippen LogP contribution in [0, 0.1) is 0 Å². The van der Waals surface area contributed by atoms with Crippen LogP contribution in [0.25, 0.3) is 11.0 Å². The molecule has 186 valence electrons. The molecule has 10 heteroatoms. The predicted octanol–water partition coefficient (Wildman–Crippen LogP) is 2.70. The van der Waals surface area contributed by atoms with Gasteiger partial charge in [0.05, 0.1) is 23.8 Å². The van der Waals surface area contributed by atoms with Crippen molar-refractivity contribution in [1.82, 2.24) is 34.9 Å². The minimum atomic E-state index is 0.0198. The van der Waals surface area contributed by atoms with Crippen molar-refractivity contribution < 1.29 is 0 Å². The van der Waals surface area contributed by atoms with Crippen molar-refractivity contribution in [2.75, 3.05) is 36.4 Å². The highest BCUT2D eigenvalue weighted by Crippen LogP contribution is 2.29. The Morgan fingerprint density at radius 3 is 2.74 bits per heavy atom. The number of piperazine rings is 1. The standard InChI is InChI=1S/C25H36N10/c1-6-17(3)35-23-20(14-27-35)30-25(33-11-9-32(10-12-33)19(5)26)31-24(23)28-18(4)21-15-34-8-7-16(2)13-22(34)29-21/h7-8,13-15,17-18,22,29H,5-6,9-12,26H2,1-4H3,(H,28,30,31)/t17?,18-,22?/m1/s1. The second-order valence-corrected chi connectivity index (χ2v) is 9.63. The maximum atomic E-state index is 5.90. The van der Waals surface area contributed by atoms with Crippen LogP contribution < -0.4 is 21.3 Å². The monoisotopic (exact) mass is 476 g/mol. The van der Waals surface area contributed by atoms with Crippen molar-refractivity contribution in [2.24, 2.45) is 5.73 Å². The van der Waals surface area contributed by atoms with Gasteiger partial charge in [0.2, 0.25) is 5.95 Å². The summed E-state index contributed by atoms with van der Waals surface area (Å²) in [6.45, 7) is 15.7. The van der Waals surface area contributed by atoms with Crippen LogP contribution >= 0.6 is 0 Å². The first-order valence-electron chi connectivity index (χ1n) is 12.4. The van der Waals surface area contributed by atoms with Gasteiger partial charge >= 0.3 is 0 Å². The van der Waals surface area contributed by atoms with E-state index >= 15 is 0 Å². The molecule has 5 rings (SSSR count). The van der Waals surface area contributed by atoms with E-state index in [0.29, 0.717) is 11.8 Å². The van der Waals surface area contributed by atoms with E-state index in [2.05, 4.69) is 89.3 Å². The van der Waals surface area contributed by atoms with E-state index in [1.165, 1.54) is 5.57 Å². The Balaban J connectivity index is 1.45. The molecule has 10 nitrogen and oxygen atoms in total. The third kappa shape index (κ3) is 4.40. The molecular formula is C25H36N10. The first kappa shape index (κ1) is 23.1. The number of aromatic nitrogens is 4. The number of nitrogens with zero attached hydrogens (tertiary/aromatic N) is 7. The molecule has 0 radical (unpaired) electrons. The molecule has 3 aliphatic heterocycles. The molecule has 0 amide bonds. The Hall–Kier alpha value is -3.69. The van der Waals surface area contributed by atoms with Gasteiger partial charge in [-0.3, -0.25) is 4.68 Å². The van der Waals surface area contributed by atoms with Gasteiger partial charge in [-0.25, -0.2) is 4.98 Å². The number of nitrogens with one attached hydrogen (secondary N) is 2. The summed E-state index contributed by atoms with van der Waals surface area (Å²) in [7, 11) is 0. The van der Waals surface area contributed by atoms with Gasteiger partial charge in [-0.2, -0.15) is 10.1 Å². The fourth-order valence-electron chi connectivity index (χ4n) is 4.71. The Kier molecular flexibility index (Phi) is 6.04. The van der Waals surface area contributed by atoms with Crippen molar-refractivity contribution in [3.05, 3.63) is 54.4 Å². The van der Waals surface area contributed by atoms with Crippen molar-refractivity contribution in [1.29, 1.82) is 0 Å². The zero-order valence-electron chi connectivity index (χ0n) is 21.1. The second kappa shape index (κ2) is 9.16. The molecule has 0 aromatic carbocycles. The predicted molar refractivity (Wildman–Crippen MR) is 140 cm³/mol. The van der Waals surface area contributed by atoms with Gasteiger partial charge < -0.3 is 31.1 Å². The van der Waals surface area contributed by atoms with Crippen molar-refractivity contribution >= 4 is 22.8 Å².